The molecule has 1 fully saturated rings. The number of fused-ring (bicyclic) bond motifs is 3. The maximum atomic E-state index is 12.6. The molecule has 1 aromatic carbocycles. The average Bonchev–Trinajstić information content (AvgIpc) is 3.16. The van der Waals surface area contributed by atoms with Gasteiger partial charge in [0.25, 0.3) is 0 Å². The van der Waals surface area contributed by atoms with Gasteiger partial charge in [0, 0.05) is 18.2 Å². The number of hydrogen-bond donors (Lipinski definition) is 0. The van der Waals surface area contributed by atoms with Crippen molar-refractivity contribution < 1.29 is 28.5 Å². The van der Waals surface area contributed by atoms with Crippen LogP contribution in [0.25, 0.3) is 0 Å². The van der Waals surface area contributed by atoms with Gasteiger partial charge in [0.05, 0.1) is 20.3 Å². The highest BCUT2D eigenvalue weighted by Crippen LogP contribution is 2.49. The standard InChI is InChI=1S/C19H25NO6/c1-5-24-18(21)14-9-20(19(22)25-10-11(2)3)16-13-7-6-12(23-4)8-15(13)26-17(14)16/h6-8,11,14,16-17H,5,9-10H2,1-4H3/t14-,16+,17+/m1/s1. The van der Waals surface area contributed by atoms with Crippen molar-refractivity contribution in [1.82, 2.24) is 4.90 Å². The van der Waals surface area contributed by atoms with Crippen LogP contribution in [0.5, 0.6) is 11.5 Å². The zero-order chi connectivity index (χ0) is 18.8. The molecule has 7 heteroatoms. The fourth-order valence-electron chi connectivity index (χ4n) is 3.42. The largest absolute Gasteiger partial charge is 0.497 e. The van der Waals surface area contributed by atoms with Crippen molar-refractivity contribution in [3.63, 3.8) is 0 Å². The number of methoxy groups -OCH3 is 1. The van der Waals surface area contributed by atoms with E-state index in [1.54, 1.807) is 25.0 Å². The summed E-state index contributed by atoms with van der Waals surface area (Å²) in [5.41, 5.74) is 0.851. The predicted molar refractivity (Wildman–Crippen MR) is 93.2 cm³/mol. The van der Waals surface area contributed by atoms with Crippen LogP contribution in [-0.2, 0) is 14.3 Å². The first-order valence-electron chi connectivity index (χ1n) is 8.90. The molecule has 0 aliphatic carbocycles. The molecule has 2 aliphatic heterocycles. The number of likely N-dealkylation sites (tertiary alicyclic amines) is 1. The lowest BCUT2D eigenvalue weighted by molar-refractivity contribution is -0.149. The number of amides is 1. The lowest BCUT2D eigenvalue weighted by atomic mass is 9.99. The molecule has 0 spiro atoms. The van der Waals surface area contributed by atoms with Gasteiger partial charge in [0.15, 0.2) is 0 Å². The minimum absolute atomic E-state index is 0.219. The van der Waals surface area contributed by atoms with Gasteiger partial charge in [-0.1, -0.05) is 13.8 Å². The van der Waals surface area contributed by atoms with E-state index in [1.807, 2.05) is 26.0 Å². The molecule has 0 unspecified atom stereocenters. The number of carbonyl (C=O) groups excluding carboxylic acids is 2. The summed E-state index contributed by atoms with van der Waals surface area (Å²) in [5.74, 6) is 0.598. The third-order valence-corrected chi connectivity index (χ3v) is 4.60. The summed E-state index contributed by atoms with van der Waals surface area (Å²) in [6.07, 6.45) is -0.921. The highest BCUT2D eigenvalue weighted by molar-refractivity contribution is 5.78. The lowest BCUT2D eigenvalue weighted by Crippen LogP contribution is -2.33. The van der Waals surface area contributed by atoms with E-state index in [4.69, 9.17) is 18.9 Å². The predicted octanol–water partition coefficient (Wildman–Crippen LogP) is 2.78. The van der Waals surface area contributed by atoms with Crippen LogP contribution in [0.4, 0.5) is 4.79 Å². The first-order chi connectivity index (χ1) is 12.5. The highest BCUT2D eigenvalue weighted by Gasteiger charge is 2.54. The molecule has 2 heterocycles. The van der Waals surface area contributed by atoms with Gasteiger partial charge in [0.2, 0.25) is 0 Å². The molecular formula is C19H25NO6. The monoisotopic (exact) mass is 363 g/mol. The van der Waals surface area contributed by atoms with E-state index in [2.05, 4.69) is 0 Å². The second kappa shape index (κ2) is 7.43. The SMILES string of the molecule is CCOC(=O)[C@@H]1CN(C(=O)OCC(C)C)[C@H]2c3ccc(OC)cc3O[C@@H]12. The van der Waals surface area contributed by atoms with E-state index in [9.17, 15) is 9.59 Å². The van der Waals surface area contributed by atoms with Crippen LogP contribution in [0.1, 0.15) is 32.4 Å². The molecule has 0 N–H and O–H groups in total. The molecule has 3 rings (SSSR count). The summed E-state index contributed by atoms with van der Waals surface area (Å²) in [5, 5.41) is 0. The van der Waals surface area contributed by atoms with Crippen molar-refractivity contribution in [3.05, 3.63) is 23.8 Å². The molecule has 142 valence electrons. The smallest absolute Gasteiger partial charge is 0.410 e. The molecule has 0 aromatic heterocycles. The maximum absolute atomic E-state index is 12.6. The van der Waals surface area contributed by atoms with E-state index in [0.717, 1.165) is 5.56 Å². The number of benzene rings is 1. The maximum Gasteiger partial charge on any atom is 0.410 e. The number of ether oxygens (including phenoxy) is 4. The Hall–Kier alpha value is -2.44. The van der Waals surface area contributed by atoms with Gasteiger partial charge >= 0.3 is 12.1 Å². The zero-order valence-corrected chi connectivity index (χ0v) is 15.6. The van der Waals surface area contributed by atoms with Gasteiger partial charge in [-0.3, -0.25) is 9.69 Å². The number of hydrogen-bond acceptors (Lipinski definition) is 6. The fourth-order valence-corrected chi connectivity index (χ4v) is 3.42. The summed E-state index contributed by atoms with van der Waals surface area (Å²) >= 11 is 0. The molecule has 0 bridgehead atoms. The Labute approximate surface area is 153 Å². The molecule has 26 heavy (non-hydrogen) atoms. The third kappa shape index (κ3) is 3.30. The van der Waals surface area contributed by atoms with E-state index in [1.165, 1.54) is 0 Å². The van der Waals surface area contributed by atoms with Crippen LogP contribution >= 0.6 is 0 Å². The highest BCUT2D eigenvalue weighted by atomic mass is 16.6. The first-order valence-corrected chi connectivity index (χ1v) is 8.90. The van der Waals surface area contributed by atoms with Gasteiger partial charge in [0.1, 0.15) is 29.6 Å². The normalized spacial score (nSPS) is 23.3. The Morgan fingerprint density at radius 2 is 2.08 bits per heavy atom. The van der Waals surface area contributed by atoms with Crippen molar-refractivity contribution in [1.29, 1.82) is 0 Å². The first kappa shape index (κ1) is 18.4. The van der Waals surface area contributed by atoms with Crippen LogP contribution in [0.15, 0.2) is 18.2 Å². The van der Waals surface area contributed by atoms with Crippen LogP contribution in [0.3, 0.4) is 0 Å². The number of nitrogens with zero attached hydrogens (tertiary/aromatic N) is 1. The molecule has 3 atom stereocenters. The van der Waals surface area contributed by atoms with Crippen molar-refractivity contribution >= 4 is 12.1 Å². The second-order valence-electron chi connectivity index (χ2n) is 6.91. The van der Waals surface area contributed by atoms with Crippen LogP contribution in [0, 0.1) is 11.8 Å². The topological polar surface area (TPSA) is 74.3 Å². The van der Waals surface area contributed by atoms with Gasteiger partial charge in [-0.05, 0) is 25.0 Å². The molecule has 1 amide bonds. The van der Waals surface area contributed by atoms with Crippen LogP contribution < -0.4 is 9.47 Å². The minimum Gasteiger partial charge on any atom is -0.497 e. The summed E-state index contributed by atoms with van der Waals surface area (Å²) < 4.78 is 21.8. The Bertz CT molecular complexity index is 689. The molecule has 7 nitrogen and oxygen atoms in total. The number of esters is 1. The fraction of sp³-hybridized carbons (Fsp3) is 0.579. The van der Waals surface area contributed by atoms with Crippen molar-refractivity contribution in [2.24, 2.45) is 11.8 Å². The number of rotatable bonds is 5. The average molecular weight is 363 g/mol. The summed E-state index contributed by atoms with van der Waals surface area (Å²) in [6.45, 7) is 6.53. The third-order valence-electron chi connectivity index (χ3n) is 4.60. The molecule has 0 saturated carbocycles. The van der Waals surface area contributed by atoms with Crippen molar-refractivity contribution in [2.45, 2.75) is 32.9 Å². The molecule has 1 saturated heterocycles. The Morgan fingerprint density at radius 1 is 1.31 bits per heavy atom. The van der Waals surface area contributed by atoms with Crippen molar-refractivity contribution in [3.8, 4) is 11.5 Å². The van der Waals surface area contributed by atoms with Crippen LogP contribution in [-0.4, -0.2) is 49.9 Å². The van der Waals surface area contributed by atoms with E-state index < -0.39 is 18.1 Å². The van der Waals surface area contributed by atoms with Gasteiger partial charge in [-0.2, -0.15) is 0 Å². The minimum atomic E-state index is -0.551. The second-order valence-corrected chi connectivity index (χ2v) is 6.91. The molecule has 1 aromatic rings. The molecule has 2 aliphatic rings. The van der Waals surface area contributed by atoms with Crippen molar-refractivity contribution in [2.75, 3.05) is 26.9 Å². The Balaban J connectivity index is 1.89. The summed E-state index contributed by atoms with van der Waals surface area (Å²) in [4.78, 5) is 26.6. The number of carbonyl (C=O) groups is 2. The van der Waals surface area contributed by atoms with E-state index in [0.29, 0.717) is 18.1 Å². The quantitative estimate of drug-likeness (QED) is 0.749. The Morgan fingerprint density at radius 3 is 2.73 bits per heavy atom. The molecular weight excluding hydrogens is 338 g/mol. The Kier molecular flexibility index (Phi) is 5.25. The zero-order valence-electron chi connectivity index (χ0n) is 15.6. The lowest BCUT2D eigenvalue weighted by Gasteiger charge is -2.23. The van der Waals surface area contributed by atoms with E-state index >= 15 is 0 Å². The molecule has 0 radical (unpaired) electrons. The van der Waals surface area contributed by atoms with Gasteiger partial charge in [-0.15, -0.1) is 0 Å². The van der Waals surface area contributed by atoms with Crippen LogP contribution in [0.2, 0.25) is 0 Å². The van der Waals surface area contributed by atoms with E-state index in [-0.39, 0.29) is 31.1 Å². The van der Waals surface area contributed by atoms with Gasteiger partial charge in [-0.25, -0.2) is 4.79 Å². The summed E-state index contributed by atoms with van der Waals surface area (Å²) in [7, 11) is 1.58. The summed E-state index contributed by atoms with van der Waals surface area (Å²) in [6, 6.07) is 5.09. The van der Waals surface area contributed by atoms with Gasteiger partial charge < -0.3 is 18.9 Å².